The molecule has 2 aromatic rings. The minimum Gasteiger partial charge on any atom is -0.372 e. The number of nitriles is 1. The molecule has 0 saturated heterocycles. The van der Waals surface area contributed by atoms with Crippen LogP contribution in [0.25, 0.3) is 0 Å². The third-order valence-electron chi connectivity index (χ3n) is 6.75. The number of benzene rings is 1. The topological polar surface area (TPSA) is 135 Å². The number of carbonyl (C=O) groups excluding carboxylic acids is 2. The zero-order valence-electron chi connectivity index (χ0n) is 23.8. The van der Waals surface area contributed by atoms with Crippen molar-refractivity contribution in [1.82, 2.24) is 25.5 Å². The van der Waals surface area contributed by atoms with Crippen molar-refractivity contribution in [1.29, 1.82) is 5.26 Å². The van der Waals surface area contributed by atoms with E-state index in [-0.39, 0.29) is 23.8 Å². The molecule has 1 aromatic heterocycles. The van der Waals surface area contributed by atoms with Crippen LogP contribution < -0.4 is 21.3 Å². The van der Waals surface area contributed by atoms with Gasteiger partial charge in [-0.3, -0.25) is 9.59 Å². The molecule has 2 amide bonds. The van der Waals surface area contributed by atoms with Gasteiger partial charge in [0.15, 0.2) is 0 Å². The van der Waals surface area contributed by atoms with Crippen LogP contribution in [-0.2, 0) is 9.59 Å². The van der Waals surface area contributed by atoms with Gasteiger partial charge in [0.2, 0.25) is 17.8 Å². The number of hydrogen-bond donors (Lipinski definition) is 4. The van der Waals surface area contributed by atoms with Crippen molar-refractivity contribution < 1.29 is 9.59 Å². The van der Waals surface area contributed by atoms with Crippen molar-refractivity contribution in [3.05, 3.63) is 53.2 Å². The minimum atomic E-state index is -0.557. The zero-order chi connectivity index (χ0) is 29.1. The number of nitrogens with one attached hydrogen (secondary N) is 4. The van der Waals surface area contributed by atoms with Gasteiger partial charge in [0, 0.05) is 43.9 Å². The summed E-state index contributed by atoms with van der Waals surface area (Å²) in [5, 5.41) is 21.0. The van der Waals surface area contributed by atoms with Crippen molar-refractivity contribution >= 4 is 29.3 Å². The van der Waals surface area contributed by atoms with Crippen LogP contribution in [0.3, 0.4) is 0 Å². The van der Waals surface area contributed by atoms with Gasteiger partial charge in [-0.15, -0.1) is 0 Å². The molecule has 1 saturated carbocycles. The molecule has 10 nitrogen and oxygen atoms in total. The Balaban J connectivity index is 1.64. The van der Waals surface area contributed by atoms with Crippen LogP contribution in [0, 0.1) is 35.0 Å². The third-order valence-corrected chi connectivity index (χ3v) is 6.75. The second-order valence-corrected chi connectivity index (χ2v) is 10.1. The molecule has 3 rings (SSSR count). The Kier molecular flexibility index (Phi) is 11.0. The van der Waals surface area contributed by atoms with Crippen molar-refractivity contribution in [2.24, 2.45) is 11.8 Å². The highest BCUT2D eigenvalue weighted by Gasteiger charge is 2.27. The van der Waals surface area contributed by atoms with E-state index in [0.29, 0.717) is 35.0 Å². The summed E-state index contributed by atoms with van der Waals surface area (Å²) in [4.78, 5) is 36.3. The van der Waals surface area contributed by atoms with Crippen LogP contribution in [0.15, 0.2) is 42.1 Å². The lowest BCUT2D eigenvalue weighted by Crippen LogP contribution is -2.42. The van der Waals surface area contributed by atoms with Gasteiger partial charge in [-0.05, 0) is 64.5 Å². The zero-order valence-corrected chi connectivity index (χ0v) is 23.8. The van der Waals surface area contributed by atoms with Crippen molar-refractivity contribution in [2.45, 2.75) is 38.6 Å². The van der Waals surface area contributed by atoms with Gasteiger partial charge in [-0.2, -0.15) is 10.2 Å². The summed E-state index contributed by atoms with van der Waals surface area (Å²) in [6, 6.07) is 9.15. The van der Waals surface area contributed by atoms with Gasteiger partial charge in [-0.25, -0.2) is 4.98 Å². The fourth-order valence-corrected chi connectivity index (χ4v) is 4.47. The molecule has 0 radical (unpaired) electrons. The highest BCUT2D eigenvalue weighted by Crippen LogP contribution is 2.25. The summed E-state index contributed by atoms with van der Waals surface area (Å²) in [6.45, 7) is 2.34. The number of aromatic nitrogens is 2. The highest BCUT2D eigenvalue weighted by molar-refractivity contribution is 5.99. The number of nitrogens with zero attached hydrogens (tertiary/aromatic N) is 4. The summed E-state index contributed by atoms with van der Waals surface area (Å²) in [6.07, 6.45) is 7.03. The molecular weight excluding hydrogens is 504 g/mol. The molecule has 1 fully saturated rings. The van der Waals surface area contributed by atoms with E-state index in [9.17, 15) is 9.59 Å². The lowest BCUT2D eigenvalue weighted by Gasteiger charge is -2.28. The summed E-state index contributed by atoms with van der Waals surface area (Å²) < 4.78 is 0. The molecule has 0 unspecified atom stereocenters. The van der Waals surface area contributed by atoms with Crippen LogP contribution in [0.5, 0.6) is 0 Å². The summed E-state index contributed by atoms with van der Waals surface area (Å²) in [5.41, 5.74) is 2.52. The van der Waals surface area contributed by atoms with Crippen LogP contribution in [0.2, 0.25) is 0 Å². The molecule has 0 aliphatic heterocycles. The number of amides is 2. The van der Waals surface area contributed by atoms with Gasteiger partial charge in [-0.1, -0.05) is 24.3 Å². The Bertz CT molecular complexity index is 1320. The molecule has 210 valence electrons. The molecule has 1 aliphatic rings. The fourth-order valence-electron chi connectivity index (χ4n) is 4.47. The first kappa shape index (κ1) is 30.1. The first-order valence-corrected chi connectivity index (χ1v) is 13.4. The maximum absolute atomic E-state index is 13.1. The van der Waals surface area contributed by atoms with Gasteiger partial charge >= 0.3 is 0 Å². The van der Waals surface area contributed by atoms with E-state index in [4.69, 9.17) is 5.26 Å². The Morgan fingerprint density at radius 1 is 1.20 bits per heavy atom. The van der Waals surface area contributed by atoms with E-state index < -0.39 is 5.92 Å². The summed E-state index contributed by atoms with van der Waals surface area (Å²) >= 11 is 0. The smallest absolute Gasteiger partial charge is 0.247 e. The van der Waals surface area contributed by atoms with Crippen molar-refractivity contribution in [3.63, 3.8) is 0 Å². The fraction of sp³-hybridized carbons (Fsp3) is 0.433. The summed E-state index contributed by atoms with van der Waals surface area (Å²) in [7, 11) is 7.19. The predicted molar refractivity (Wildman–Crippen MR) is 157 cm³/mol. The Hall–Kier alpha value is -4.41. The van der Waals surface area contributed by atoms with Gasteiger partial charge < -0.3 is 26.2 Å². The largest absolute Gasteiger partial charge is 0.372 e. The van der Waals surface area contributed by atoms with Crippen molar-refractivity contribution in [3.8, 4) is 17.9 Å². The van der Waals surface area contributed by atoms with E-state index in [1.165, 1.54) is 0 Å². The number of hydrogen-bond acceptors (Lipinski definition) is 8. The molecule has 1 heterocycles. The van der Waals surface area contributed by atoms with Crippen LogP contribution in [0.1, 0.15) is 43.7 Å². The Morgan fingerprint density at radius 3 is 2.60 bits per heavy atom. The summed E-state index contributed by atoms with van der Waals surface area (Å²) in [5.74, 6) is 6.79. The number of rotatable bonds is 9. The predicted octanol–water partition coefficient (Wildman–Crippen LogP) is 3.03. The van der Waals surface area contributed by atoms with E-state index in [2.05, 4.69) is 49.1 Å². The third kappa shape index (κ3) is 8.55. The molecule has 10 heteroatoms. The van der Waals surface area contributed by atoms with E-state index in [0.717, 1.165) is 31.4 Å². The first-order chi connectivity index (χ1) is 19.2. The maximum Gasteiger partial charge on any atom is 0.247 e. The lowest BCUT2D eigenvalue weighted by molar-refractivity contribution is -0.126. The standard InChI is InChI=1S/C30H38N8O2/c1-20(26(29(40)33-3)15-16-38(4)5)28(39)35-25-8-6-7-21(17-25)9-12-23-19-34-30(37-27(23)32-2)36-24-13-10-22(18-31)11-14-24/h10-11,13-15,19-21,25H,6-8,16-17H2,1-5H3,(H,33,40)(H,35,39)(H2,32,34,36,37)/t20-,21-,25-/m0/s1. The monoisotopic (exact) mass is 542 g/mol. The lowest BCUT2D eigenvalue weighted by atomic mass is 9.85. The number of anilines is 3. The second kappa shape index (κ2) is 14.7. The Labute approximate surface area is 236 Å². The SMILES string of the molecule is CNC(=O)C(=CCN(C)C)[C@H](C)C(=O)N[C@H]1CCC[C@@H](C#Cc2cnc(Nc3ccc(C#N)cc3)nc2NC)C1. The average Bonchev–Trinajstić information content (AvgIpc) is 2.96. The number of likely N-dealkylation sites (N-methyl/N-ethyl adjacent to an activating group) is 2. The molecule has 3 atom stereocenters. The minimum absolute atomic E-state index is 0.00167. The van der Waals surface area contributed by atoms with Crippen molar-refractivity contribution in [2.75, 3.05) is 45.4 Å². The second-order valence-electron chi connectivity index (χ2n) is 10.1. The highest BCUT2D eigenvalue weighted by atomic mass is 16.2. The molecule has 4 N–H and O–H groups in total. The van der Waals surface area contributed by atoms with Gasteiger partial charge in [0.25, 0.3) is 0 Å². The maximum atomic E-state index is 13.1. The quantitative estimate of drug-likeness (QED) is 0.281. The molecule has 1 aliphatic carbocycles. The molecular formula is C30H38N8O2. The van der Waals surface area contributed by atoms with Gasteiger partial charge in [0.1, 0.15) is 5.82 Å². The molecule has 1 aromatic carbocycles. The normalized spacial score (nSPS) is 17.6. The first-order valence-electron chi connectivity index (χ1n) is 13.4. The Morgan fingerprint density at radius 2 is 1.95 bits per heavy atom. The molecule has 0 bridgehead atoms. The average molecular weight is 543 g/mol. The van der Waals surface area contributed by atoms with Crippen LogP contribution >= 0.6 is 0 Å². The molecule has 0 spiro atoms. The van der Waals surface area contributed by atoms with E-state index >= 15 is 0 Å². The van der Waals surface area contributed by atoms with Gasteiger partial charge in [0.05, 0.1) is 29.3 Å². The molecule has 40 heavy (non-hydrogen) atoms. The van der Waals surface area contributed by atoms with Crippen LogP contribution in [-0.4, -0.2) is 67.5 Å². The van der Waals surface area contributed by atoms with Crippen LogP contribution in [0.4, 0.5) is 17.5 Å². The number of carbonyl (C=O) groups is 2. The van der Waals surface area contributed by atoms with E-state index in [1.807, 2.05) is 25.1 Å². The van der Waals surface area contributed by atoms with E-state index in [1.54, 1.807) is 51.5 Å².